The molecule has 40 heavy (non-hydrogen) atoms. The maximum Gasteiger partial charge on any atom is 0.409 e. The molecule has 2 amide bonds. The van der Waals surface area contributed by atoms with Crippen molar-refractivity contribution in [3.05, 3.63) is 64.3 Å². The molecular weight excluding hydrogens is 551 g/mol. The zero-order chi connectivity index (χ0) is 28.4. The van der Waals surface area contributed by atoms with E-state index in [0.29, 0.717) is 42.6 Å². The highest BCUT2D eigenvalue weighted by molar-refractivity contribution is 6.30. The standard InChI is InChI=1S/C27H25ClF3N5O4/c1-39-25(38)35-11-15-8-26(9-15,13-35)24-34-33-22(40-24)17-6-21-18(7-19(17)29)27(30,31)10-20(32)23(37)36(21)12-14-2-4-16(28)5-3-14/h2-7,15,20H,8-13,32H2,1H3/t15?,20-,26?/m0/s1. The van der Waals surface area contributed by atoms with Crippen molar-refractivity contribution >= 4 is 29.3 Å². The summed E-state index contributed by atoms with van der Waals surface area (Å²) < 4.78 is 56.7. The fraction of sp³-hybridized carbons (Fsp3) is 0.407. The lowest BCUT2D eigenvalue weighted by Crippen LogP contribution is -2.60. The summed E-state index contributed by atoms with van der Waals surface area (Å²) in [5, 5.41) is 8.64. The number of fused-ring (bicyclic) bond motifs is 3. The monoisotopic (exact) mass is 575 g/mol. The van der Waals surface area contributed by atoms with Crippen LogP contribution in [0.15, 0.2) is 40.8 Å². The van der Waals surface area contributed by atoms with Gasteiger partial charge in [-0.3, -0.25) is 4.79 Å². The van der Waals surface area contributed by atoms with Crippen LogP contribution in [0.3, 0.4) is 0 Å². The lowest BCUT2D eigenvalue weighted by atomic mass is 9.58. The number of nitrogens with zero attached hydrogens (tertiary/aromatic N) is 4. The summed E-state index contributed by atoms with van der Waals surface area (Å²) in [7, 11) is 1.30. The van der Waals surface area contributed by atoms with Crippen molar-refractivity contribution < 1.29 is 31.9 Å². The van der Waals surface area contributed by atoms with Crippen molar-refractivity contribution in [3.8, 4) is 11.5 Å². The summed E-state index contributed by atoms with van der Waals surface area (Å²) in [4.78, 5) is 28.0. The number of piperidine rings is 2. The van der Waals surface area contributed by atoms with E-state index in [4.69, 9.17) is 26.5 Å². The molecule has 1 aliphatic carbocycles. The number of halogens is 4. The maximum atomic E-state index is 15.4. The Morgan fingerprint density at radius 1 is 1.20 bits per heavy atom. The molecule has 2 saturated heterocycles. The van der Waals surface area contributed by atoms with Crippen molar-refractivity contribution in [2.24, 2.45) is 11.7 Å². The van der Waals surface area contributed by atoms with Crippen LogP contribution in [0.25, 0.3) is 11.5 Å². The summed E-state index contributed by atoms with van der Waals surface area (Å²) in [6, 6.07) is 6.86. The summed E-state index contributed by atoms with van der Waals surface area (Å²) in [6.45, 7) is 0.765. The second kappa shape index (κ2) is 9.48. The molecule has 2 bridgehead atoms. The minimum Gasteiger partial charge on any atom is -0.453 e. The van der Waals surface area contributed by atoms with Crippen molar-refractivity contribution in [1.82, 2.24) is 15.1 Å². The van der Waals surface area contributed by atoms with E-state index < -0.39 is 47.2 Å². The Bertz CT molecular complexity index is 1490. The lowest BCUT2D eigenvalue weighted by Gasteiger charge is -2.53. The number of nitrogens with two attached hydrogens (primary N) is 1. The average molecular weight is 576 g/mol. The van der Waals surface area contributed by atoms with E-state index in [0.717, 1.165) is 11.0 Å². The van der Waals surface area contributed by atoms with Gasteiger partial charge in [0.2, 0.25) is 11.8 Å². The third-order valence-corrected chi connectivity index (χ3v) is 8.21. The van der Waals surface area contributed by atoms with Gasteiger partial charge in [0.05, 0.1) is 36.4 Å². The topological polar surface area (TPSA) is 115 Å². The summed E-state index contributed by atoms with van der Waals surface area (Å²) in [5.74, 6) is -5.07. The Labute approximate surface area is 232 Å². The van der Waals surface area contributed by atoms with Gasteiger partial charge in [-0.15, -0.1) is 10.2 Å². The van der Waals surface area contributed by atoms with Crippen LogP contribution < -0.4 is 10.6 Å². The van der Waals surface area contributed by atoms with Gasteiger partial charge in [-0.05, 0) is 48.6 Å². The summed E-state index contributed by atoms with van der Waals surface area (Å²) >= 11 is 5.97. The molecule has 9 nitrogen and oxygen atoms in total. The molecule has 2 N–H and O–H groups in total. The molecule has 3 fully saturated rings. The van der Waals surface area contributed by atoms with Crippen molar-refractivity contribution in [2.75, 3.05) is 25.1 Å². The average Bonchev–Trinajstić information content (AvgIpc) is 3.39. The van der Waals surface area contributed by atoms with E-state index >= 15 is 13.2 Å². The molecule has 2 aromatic carbocycles. The molecule has 3 aromatic rings. The number of aromatic nitrogens is 2. The molecule has 0 unspecified atom stereocenters. The number of benzene rings is 2. The van der Waals surface area contributed by atoms with Gasteiger partial charge >= 0.3 is 6.09 Å². The predicted molar refractivity (Wildman–Crippen MR) is 137 cm³/mol. The quantitative estimate of drug-likeness (QED) is 0.483. The van der Waals surface area contributed by atoms with Crippen molar-refractivity contribution in [1.29, 1.82) is 0 Å². The second-order valence-electron chi connectivity index (χ2n) is 10.7. The van der Waals surface area contributed by atoms with E-state index in [1.165, 1.54) is 7.11 Å². The third kappa shape index (κ3) is 4.39. The molecule has 1 aromatic heterocycles. The fourth-order valence-electron chi connectivity index (χ4n) is 6.07. The number of ether oxygens (including phenoxy) is 1. The highest BCUT2D eigenvalue weighted by atomic mass is 35.5. The van der Waals surface area contributed by atoms with E-state index in [1.54, 1.807) is 29.2 Å². The number of rotatable bonds is 4. The first kappa shape index (κ1) is 26.6. The highest BCUT2D eigenvalue weighted by Crippen LogP contribution is 2.52. The van der Waals surface area contributed by atoms with Crippen LogP contribution in [0, 0.1) is 11.7 Å². The molecule has 13 heteroatoms. The van der Waals surface area contributed by atoms with Crippen molar-refractivity contribution in [3.63, 3.8) is 0 Å². The highest BCUT2D eigenvalue weighted by Gasteiger charge is 2.56. The molecule has 1 saturated carbocycles. The Hall–Kier alpha value is -3.64. The Kier molecular flexibility index (Phi) is 6.30. The van der Waals surface area contributed by atoms with Crippen LogP contribution in [0.5, 0.6) is 0 Å². The van der Waals surface area contributed by atoms with Crippen LogP contribution >= 0.6 is 11.6 Å². The Morgan fingerprint density at radius 2 is 1.93 bits per heavy atom. The Balaban J connectivity index is 1.39. The molecule has 4 aliphatic rings. The molecule has 7 rings (SSSR count). The van der Waals surface area contributed by atoms with E-state index in [2.05, 4.69) is 10.2 Å². The number of carbonyl (C=O) groups is 2. The number of carbonyl (C=O) groups excluding carboxylic acids is 2. The van der Waals surface area contributed by atoms with Crippen molar-refractivity contribution in [2.45, 2.75) is 43.2 Å². The number of hydrogen-bond donors (Lipinski definition) is 1. The fourth-order valence-corrected chi connectivity index (χ4v) is 6.20. The number of amides is 2. The van der Waals surface area contributed by atoms with Gasteiger partial charge in [-0.25, -0.2) is 18.0 Å². The van der Waals surface area contributed by atoms with Gasteiger partial charge in [0.25, 0.3) is 11.8 Å². The zero-order valence-electron chi connectivity index (χ0n) is 21.4. The smallest absolute Gasteiger partial charge is 0.409 e. The van der Waals surface area contributed by atoms with Gasteiger partial charge in [0.1, 0.15) is 5.82 Å². The molecule has 1 atom stereocenters. The van der Waals surface area contributed by atoms with Crippen LogP contribution in [0.1, 0.15) is 36.3 Å². The second-order valence-corrected chi connectivity index (χ2v) is 11.2. The van der Waals surface area contributed by atoms with E-state index in [1.807, 2.05) is 0 Å². The van der Waals surface area contributed by atoms with Gasteiger partial charge in [-0.2, -0.15) is 0 Å². The first-order chi connectivity index (χ1) is 19.0. The lowest BCUT2D eigenvalue weighted by molar-refractivity contribution is -0.122. The maximum absolute atomic E-state index is 15.4. The number of methoxy groups -OCH3 is 1. The van der Waals surface area contributed by atoms with Gasteiger partial charge in [-0.1, -0.05) is 23.7 Å². The van der Waals surface area contributed by atoms with Crippen LogP contribution in [0.4, 0.5) is 23.7 Å². The largest absolute Gasteiger partial charge is 0.453 e. The minimum absolute atomic E-state index is 0.0964. The number of alkyl halides is 2. The number of hydrogen-bond acceptors (Lipinski definition) is 7. The SMILES string of the molecule is COC(=O)N1CC2CC(c3nnc(-c4cc5c(cc4F)C(F)(F)C[C@H](N)C(=O)N5Cc4ccc(Cl)cc4)o3)(C2)C1. The third-order valence-electron chi connectivity index (χ3n) is 7.96. The molecule has 0 radical (unpaired) electrons. The van der Waals surface area contributed by atoms with Gasteiger partial charge in [0, 0.05) is 30.1 Å². The van der Waals surface area contributed by atoms with E-state index in [-0.39, 0.29) is 35.5 Å². The molecule has 0 spiro atoms. The zero-order valence-corrected chi connectivity index (χ0v) is 22.1. The number of anilines is 1. The minimum atomic E-state index is -3.57. The molecule has 4 heterocycles. The first-order valence-corrected chi connectivity index (χ1v) is 13.1. The molecule has 3 aliphatic heterocycles. The summed E-state index contributed by atoms with van der Waals surface area (Å²) in [6.07, 6.45) is -0.0143. The normalized spacial score (nSPS) is 25.2. The van der Waals surface area contributed by atoms with Gasteiger partial charge in [0.15, 0.2) is 0 Å². The van der Waals surface area contributed by atoms with Crippen LogP contribution in [0.2, 0.25) is 5.02 Å². The van der Waals surface area contributed by atoms with E-state index in [9.17, 15) is 9.59 Å². The van der Waals surface area contributed by atoms with Gasteiger partial charge < -0.3 is 24.7 Å². The van der Waals surface area contributed by atoms with Crippen LogP contribution in [-0.4, -0.2) is 53.3 Å². The molecule has 210 valence electrons. The molecular formula is C27H25ClF3N5O4. The Morgan fingerprint density at radius 3 is 2.62 bits per heavy atom. The first-order valence-electron chi connectivity index (χ1n) is 12.7. The summed E-state index contributed by atoms with van der Waals surface area (Å²) in [5.41, 5.74) is 4.79. The van der Waals surface area contributed by atoms with Crippen LogP contribution in [-0.2, 0) is 27.4 Å². The predicted octanol–water partition coefficient (Wildman–Crippen LogP) is 4.61.